The molecule has 0 aliphatic carbocycles. The molecule has 0 unspecified atom stereocenters. The van der Waals surface area contributed by atoms with Crippen LogP contribution in [0.2, 0.25) is 0 Å². The van der Waals surface area contributed by atoms with Crippen molar-refractivity contribution in [2.45, 2.75) is 27.4 Å². The van der Waals surface area contributed by atoms with E-state index in [1.54, 1.807) is 135 Å². The Kier molecular flexibility index (Phi) is 38.7. The number of aromatic nitrogens is 3. The Morgan fingerprint density at radius 1 is 0.543 bits per heavy atom. The summed E-state index contributed by atoms with van der Waals surface area (Å²) in [6.45, 7) is 3.47. The molecule has 3 heterocycles. The minimum atomic E-state index is -1.05. The van der Waals surface area contributed by atoms with E-state index < -0.39 is 46.6 Å². The molecular weight excluding hydrogens is 1320 g/mol. The van der Waals surface area contributed by atoms with E-state index in [0.717, 1.165) is 45.6 Å². The van der Waals surface area contributed by atoms with Crippen LogP contribution in [0, 0.1) is 17.5 Å². The molecule has 22 nitrogen and oxygen atoms in total. The number of methoxy groups -OCH3 is 2. The number of carbonyl (C=O) groups is 7. The van der Waals surface area contributed by atoms with E-state index in [1.165, 1.54) is 74.7 Å². The van der Waals surface area contributed by atoms with Gasteiger partial charge in [0, 0.05) is 63.6 Å². The van der Waals surface area contributed by atoms with Gasteiger partial charge in [-0.05, 0) is 103 Å². The number of anilines is 3. The first-order valence-electron chi connectivity index (χ1n) is 26.0. The van der Waals surface area contributed by atoms with Gasteiger partial charge in [0.05, 0.1) is 38.9 Å². The number of esters is 2. The predicted octanol–water partition coefficient (Wildman–Crippen LogP) is 10.8. The van der Waals surface area contributed by atoms with E-state index >= 15 is 0 Å². The van der Waals surface area contributed by atoms with Crippen LogP contribution in [-0.4, -0.2) is 97.3 Å². The van der Waals surface area contributed by atoms with Crippen molar-refractivity contribution in [2.75, 3.05) is 30.6 Å². The van der Waals surface area contributed by atoms with Crippen molar-refractivity contribution < 1.29 is 111 Å². The number of carboxylic acids is 1. The largest absolute Gasteiger partial charge is 1.00 e. The molecule has 94 heavy (non-hydrogen) atoms. The third-order valence-corrected chi connectivity index (χ3v) is 14.1. The summed E-state index contributed by atoms with van der Waals surface area (Å²) in [6, 6.07) is 39.8. The van der Waals surface area contributed by atoms with Gasteiger partial charge in [0.2, 0.25) is 0 Å². The van der Waals surface area contributed by atoms with Gasteiger partial charge < -0.3 is 46.4 Å². The number of para-hydroxylation sites is 3. The molecule has 0 saturated carbocycles. The number of nitrogens with zero attached hydrogens (tertiary/aromatic N) is 3. The number of rotatable bonds is 15. The first-order valence-corrected chi connectivity index (χ1v) is 28.8. The molecular formula is C64H61ClF3N8NaO14S3. The Morgan fingerprint density at radius 2 is 0.872 bits per heavy atom. The molecule has 3 aromatic heterocycles. The predicted molar refractivity (Wildman–Crippen MR) is 352 cm³/mol. The Morgan fingerprint density at radius 3 is 1.20 bits per heavy atom. The third kappa shape index (κ3) is 27.7. The SMILES string of the molecule is C.CC(C)OC(=O)Cl.COC(=O)/C=C/c1ccccc1N.COC(=O)/C=C/c1ccccc1NC(=O)c1cnc(-c2ccccc2F)s1.NO.O=C(/C=C/c1ccccc1NC(=O)c1cnc(-c2ccccc2F)s1)NO.O=C(O)c1cnc(-c2ccccc2F)s1.[Na+].[OH-]. The first kappa shape index (κ1) is 82.5. The second-order valence-corrected chi connectivity index (χ2v) is 20.9. The van der Waals surface area contributed by atoms with Crippen LogP contribution in [0.1, 0.15) is 67.0 Å². The maximum atomic E-state index is 13.9. The molecule has 30 heteroatoms. The van der Waals surface area contributed by atoms with Gasteiger partial charge in [-0.3, -0.25) is 19.6 Å². The maximum absolute atomic E-state index is 13.9. The Balaban J connectivity index is 0.000000615. The third-order valence-electron chi connectivity index (χ3n) is 11.0. The van der Waals surface area contributed by atoms with Gasteiger partial charge in [-0.2, -0.15) is 0 Å². The number of thiazole rings is 3. The van der Waals surface area contributed by atoms with Gasteiger partial charge in [0.25, 0.3) is 17.7 Å². The van der Waals surface area contributed by atoms with Crippen LogP contribution < -0.4 is 57.3 Å². The zero-order chi connectivity index (χ0) is 66.8. The van der Waals surface area contributed by atoms with Crippen LogP contribution in [0.25, 0.3) is 49.9 Å². The molecule has 0 radical (unpaired) electrons. The van der Waals surface area contributed by atoms with Crippen molar-refractivity contribution in [1.29, 1.82) is 0 Å². The van der Waals surface area contributed by atoms with Crippen molar-refractivity contribution in [3.8, 4) is 31.7 Å². The number of ether oxygens (including phenoxy) is 3. The van der Waals surface area contributed by atoms with Crippen molar-refractivity contribution in [2.24, 2.45) is 5.90 Å². The number of carbonyl (C=O) groups excluding carboxylic acids is 6. The fourth-order valence-electron chi connectivity index (χ4n) is 6.79. The van der Waals surface area contributed by atoms with Crippen LogP contribution in [0.4, 0.5) is 35.0 Å². The fraction of sp³-hybridized carbons (Fsp3) is 0.0938. The molecule has 0 saturated heterocycles. The van der Waals surface area contributed by atoms with Crippen LogP contribution in [-0.2, 0) is 28.6 Å². The monoisotopic (exact) mass is 1380 g/mol. The second-order valence-electron chi connectivity index (χ2n) is 17.5. The van der Waals surface area contributed by atoms with Gasteiger partial charge in [-0.25, -0.2) is 58.7 Å². The number of hydrogen-bond donors (Lipinski definition) is 8. The number of nitrogen functional groups attached to an aromatic ring is 1. The first-order chi connectivity index (χ1) is 43.7. The van der Waals surface area contributed by atoms with Crippen molar-refractivity contribution in [3.05, 3.63) is 231 Å². The topological polar surface area (TPSA) is 365 Å². The van der Waals surface area contributed by atoms with Gasteiger partial charge in [0.1, 0.15) is 47.1 Å². The molecule has 0 spiro atoms. The van der Waals surface area contributed by atoms with Gasteiger partial charge in [0.15, 0.2) is 0 Å². The number of nitrogens with one attached hydrogen (secondary N) is 3. The average molecular weight is 1380 g/mol. The van der Waals surface area contributed by atoms with Gasteiger partial charge >= 0.3 is 52.9 Å². The molecule has 0 aliphatic heterocycles. The van der Waals surface area contributed by atoms with Crippen LogP contribution in [0.3, 0.4) is 0 Å². The summed E-state index contributed by atoms with van der Waals surface area (Å²) >= 11 is 7.95. The average Bonchev–Trinajstić information content (AvgIpc) is 1.70. The number of hydroxylamine groups is 1. The number of halogens is 4. The molecule has 0 atom stereocenters. The summed E-state index contributed by atoms with van der Waals surface area (Å²) in [5.74, 6) is -1.08. The van der Waals surface area contributed by atoms with Crippen molar-refractivity contribution >= 4 is 122 Å². The molecule has 9 rings (SSSR count). The molecule has 9 aromatic rings. The van der Waals surface area contributed by atoms with Crippen LogP contribution in [0.5, 0.6) is 0 Å². The van der Waals surface area contributed by atoms with Crippen molar-refractivity contribution in [1.82, 2.24) is 20.4 Å². The van der Waals surface area contributed by atoms with Gasteiger partial charge in [-0.1, -0.05) is 98.4 Å². The number of benzene rings is 6. The normalized spacial score (nSPS) is 9.96. The number of nitrogens with two attached hydrogens (primary N) is 2. The van der Waals surface area contributed by atoms with Crippen LogP contribution in [0.15, 0.2) is 182 Å². The summed E-state index contributed by atoms with van der Waals surface area (Å²) in [7, 11) is 2.62. The fourth-order valence-corrected chi connectivity index (χ4v) is 9.43. The van der Waals surface area contributed by atoms with E-state index in [0.29, 0.717) is 69.7 Å². The van der Waals surface area contributed by atoms with Crippen LogP contribution >= 0.6 is 45.6 Å². The van der Waals surface area contributed by atoms with E-state index in [4.69, 9.17) is 32.9 Å². The Hall–Kier alpha value is -9.56. The van der Waals surface area contributed by atoms with E-state index in [1.807, 2.05) is 18.2 Å². The molecule has 11 N–H and O–H groups in total. The molecule has 0 bridgehead atoms. The molecule has 488 valence electrons. The molecule has 0 fully saturated rings. The maximum Gasteiger partial charge on any atom is 1.00 e. The number of aromatic carboxylic acids is 1. The van der Waals surface area contributed by atoms with E-state index in [9.17, 15) is 46.7 Å². The van der Waals surface area contributed by atoms with E-state index in [2.05, 4.69) is 45.7 Å². The second kappa shape index (κ2) is 44.1. The van der Waals surface area contributed by atoms with E-state index in [-0.39, 0.29) is 65.3 Å². The quantitative estimate of drug-likeness (QED) is 0.00691. The number of amides is 3. The smallest absolute Gasteiger partial charge is 0.870 e. The van der Waals surface area contributed by atoms with Crippen molar-refractivity contribution in [3.63, 3.8) is 0 Å². The molecule has 6 aromatic carbocycles. The summed E-state index contributed by atoms with van der Waals surface area (Å²) in [5.41, 5.74) is 11.1. The van der Waals surface area contributed by atoms with Gasteiger partial charge in [-0.15, -0.1) is 34.0 Å². The number of carboxylic acid groups (broad SMARTS) is 1. The molecule has 3 amide bonds. The summed E-state index contributed by atoms with van der Waals surface area (Å²) < 4.78 is 54.5. The Bertz CT molecular complexity index is 3860. The summed E-state index contributed by atoms with van der Waals surface area (Å²) in [4.78, 5) is 91.5. The standard InChI is InChI=1S/C20H15FN2O3S.C19H14FN3O3S.C10H6FNO2S.C10H11NO2.C4H7ClO2.CH4.H3NO.Na.H2O/c1-26-18(24)11-10-13-6-2-5-9-16(13)23-19(25)17-12-22-20(27-17)14-7-3-4-8-15(14)21;20-14-7-3-2-6-13(14)19-21-11-16(27-19)18(25)22-15-8-4-1-5-12(15)9-10-17(24)23-26;11-7-4-2-1-3-6(7)9-12-5-8(15-9)10(13)14;1-13-10(12)7-6-8-4-2-3-5-9(8)11;1-3(2)7-4(5)6;;1-2;;/h2-12H,1H3,(H,23,25);1-11,26H,(H,22,25)(H,23,24);1-5H,(H,13,14);2-7H,11H2,1H3;3H,1-2H3;1H4;2H,1H2;;1H2/q;;;;;;;+1;/p-1/b11-10+;10-9+;;7-6+;;;;;. The minimum Gasteiger partial charge on any atom is -0.870 e. The molecule has 0 aliphatic rings. The zero-order valence-corrected chi connectivity index (χ0v) is 54.9. The Labute approximate surface area is 576 Å². The summed E-state index contributed by atoms with van der Waals surface area (Å²) in [6.07, 6.45) is 12.3. The zero-order valence-electron chi connectivity index (χ0n) is 49.7. The number of hydrogen-bond acceptors (Lipinski definition) is 21. The minimum absolute atomic E-state index is 0. The summed E-state index contributed by atoms with van der Waals surface area (Å²) in [5, 5.41) is 30.5.